The molecule has 1 heterocycles. The van der Waals surface area contributed by atoms with Crippen LogP contribution in [0.5, 0.6) is 0 Å². The van der Waals surface area contributed by atoms with Crippen LogP contribution in [0.2, 0.25) is 0 Å². The highest BCUT2D eigenvalue weighted by atomic mass is 32.2. The topological polar surface area (TPSA) is 56.7 Å². The van der Waals surface area contributed by atoms with Crippen molar-refractivity contribution in [3.63, 3.8) is 0 Å². The van der Waals surface area contributed by atoms with E-state index in [1.54, 1.807) is 0 Å². The van der Waals surface area contributed by atoms with Crippen LogP contribution in [0.15, 0.2) is 5.16 Å². The number of hydrogen-bond donors (Lipinski definition) is 1. The van der Waals surface area contributed by atoms with Crippen LogP contribution in [0.3, 0.4) is 0 Å². The predicted molar refractivity (Wildman–Crippen MR) is 53.7 cm³/mol. The van der Waals surface area contributed by atoms with E-state index in [1.165, 1.54) is 37.4 Å². The van der Waals surface area contributed by atoms with Crippen molar-refractivity contribution in [2.45, 2.75) is 36.9 Å². The molecule has 0 saturated heterocycles. The van der Waals surface area contributed by atoms with E-state index in [9.17, 15) is 0 Å². The van der Waals surface area contributed by atoms with Crippen molar-refractivity contribution in [3.8, 4) is 0 Å². The van der Waals surface area contributed by atoms with Gasteiger partial charge in [0.1, 0.15) is 0 Å². The maximum absolute atomic E-state index is 5.77. The Morgan fingerprint density at radius 3 is 2.69 bits per heavy atom. The van der Waals surface area contributed by atoms with Gasteiger partial charge in [0.15, 0.2) is 0 Å². The van der Waals surface area contributed by atoms with Gasteiger partial charge in [0, 0.05) is 0 Å². The van der Waals surface area contributed by atoms with Gasteiger partial charge in [-0.3, -0.25) is 0 Å². The molecule has 0 spiro atoms. The van der Waals surface area contributed by atoms with Crippen molar-refractivity contribution < 1.29 is 0 Å². The summed E-state index contributed by atoms with van der Waals surface area (Å²) in [6.07, 6.45) is 6.94. The Labute approximate surface area is 81.9 Å². The van der Waals surface area contributed by atoms with Crippen molar-refractivity contribution in [1.82, 2.24) is 14.8 Å². The first kappa shape index (κ1) is 8.87. The molecule has 0 aliphatic heterocycles. The molecule has 0 bridgehead atoms. The van der Waals surface area contributed by atoms with Crippen LogP contribution in [0.1, 0.15) is 31.7 Å². The average molecular weight is 198 g/mol. The quantitative estimate of drug-likeness (QED) is 0.735. The smallest absolute Gasteiger partial charge is 0.219 e. The molecule has 0 radical (unpaired) electrons. The Balaban J connectivity index is 2.22. The van der Waals surface area contributed by atoms with E-state index in [1.807, 2.05) is 10.9 Å². The molecule has 2 N–H and O–H groups in total. The molecule has 5 heteroatoms. The van der Waals surface area contributed by atoms with Gasteiger partial charge in [0.05, 0.1) is 6.04 Å². The molecule has 0 amide bonds. The zero-order chi connectivity index (χ0) is 9.26. The second-order valence-electron chi connectivity index (χ2n) is 3.34. The number of hydrogen-bond acceptors (Lipinski definition) is 4. The molecular weight excluding hydrogens is 184 g/mol. The van der Waals surface area contributed by atoms with Crippen molar-refractivity contribution in [2.75, 3.05) is 12.0 Å². The van der Waals surface area contributed by atoms with Crippen LogP contribution in [-0.4, -0.2) is 21.0 Å². The van der Waals surface area contributed by atoms with Crippen molar-refractivity contribution in [3.05, 3.63) is 0 Å². The fourth-order valence-corrected chi connectivity index (χ4v) is 2.17. The summed E-state index contributed by atoms with van der Waals surface area (Å²) in [4.78, 5) is 4.17. The normalized spacial score (nSPS) is 18.2. The van der Waals surface area contributed by atoms with Gasteiger partial charge < -0.3 is 5.73 Å². The molecule has 0 atom stereocenters. The summed E-state index contributed by atoms with van der Waals surface area (Å²) in [6.45, 7) is 0. The summed E-state index contributed by atoms with van der Waals surface area (Å²) in [5.41, 5.74) is 5.77. The van der Waals surface area contributed by atoms with Crippen LogP contribution >= 0.6 is 11.8 Å². The Hall–Kier alpha value is -0.710. The third-order valence-electron chi connectivity index (χ3n) is 2.49. The Morgan fingerprint density at radius 1 is 1.46 bits per heavy atom. The van der Waals surface area contributed by atoms with Gasteiger partial charge in [0.2, 0.25) is 11.1 Å². The standard InChI is InChI=1S/C8H14N4S/c1-13-8-10-7(9)12(11-8)6-4-2-3-5-6/h6H,2-5H2,1H3,(H2,9,10,11). The highest BCUT2D eigenvalue weighted by molar-refractivity contribution is 7.98. The van der Waals surface area contributed by atoms with Crippen LogP contribution in [0.25, 0.3) is 0 Å². The van der Waals surface area contributed by atoms with E-state index in [0.717, 1.165) is 5.16 Å². The first-order valence-corrected chi connectivity index (χ1v) is 5.79. The van der Waals surface area contributed by atoms with Gasteiger partial charge in [0.25, 0.3) is 0 Å². The summed E-state index contributed by atoms with van der Waals surface area (Å²) >= 11 is 1.54. The van der Waals surface area contributed by atoms with E-state index in [0.29, 0.717) is 12.0 Å². The molecule has 13 heavy (non-hydrogen) atoms. The monoisotopic (exact) mass is 198 g/mol. The summed E-state index contributed by atoms with van der Waals surface area (Å²) in [6, 6.07) is 0.494. The molecule has 1 fully saturated rings. The van der Waals surface area contributed by atoms with Crippen LogP contribution in [0.4, 0.5) is 5.95 Å². The summed E-state index contributed by atoms with van der Waals surface area (Å²) < 4.78 is 1.89. The van der Waals surface area contributed by atoms with Gasteiger partial charge >= 0.3 is 0 Å². The maximum atomic E-state index is 5.77. The molecule has 2 rings (SSSR count). The number of nitrogens with zero attached hydrogens (tertiary/aromatic N) is 3. The molecule has 1 aromatic heterocycles. The minimum atomic E-state index is 0.494. The average Bonchev–Trinajstić information content (AvgIpc) is 2.72. The van der Waals surface area contributed by atoms with Gasteiger partial charge in [-0.05, 0) is 19.1 Å². The zero-order valence-corrected chi connectivity index (χ0v) is 8.55. The van der Waals surface area contributed by atoms with Crippen molar-refractivity contribution in [1.29, 1.82) is 0 Å². The number of nitrogen functional groups attached to an aromatic ring is 1. The number of anilines is 1. The Bertz CT molecular complexity index is 290. The number of thioether (sulfide) groups is 1. The van der Waals surface area contributed by atoms with Crippen LogP contribution < -0.4 is 5.73 Å². The lowest BCUT2D eigenvalue weighted by Gasteiger charge is -2.09. The molecule has 0 aromatic carbocycles. The number of rotatable bonds is 2. The van der Waals surface area contributed by atoms with E-state index in [-0.39, 0.29) is 0 Å². The SMILES string of the molecule is CSc1nc(N)n(C2CCCC2)n1. The first-order chi connectivity index (χ1) is 6.31. The van der Waals surface area contributed by atoms with E-state index >= 15 is 0 Å². The van der Waals surface area contributed by atoms with E-state index < -0.39 is 0 Å². The largest absolute Gasteiger partial charge is 0.368 e. The maximum Gasteiger partial charge on any atom is 0.219 e. The predicted octanol–water partition coefficient (Wildman–Crippen LogP) is 1.70. The molecule has 4 nitrogen and oxygen atoms in total. The second kappa shape index (κ2) is 3.57. The highest BCUT2D eigenvalue weighted by Crippen LogP contribution is 2.30. The molecule has 1 aliphatic carbocycles. The van der Waals surface area contributed by atoms with Gasteiger partial charge in [-0.2, -0.15) is 4.98 Å². The van der Waals surface area contributed by atoms with E-state index in [2.05, 4.69) is 10.1 Å². The number of nitrogens with two attached hydrogens (primary N) is 1. The van der Waals surface area contributed by atoms with Crippen molar-refractivity contribution >= 4 is 17.7 Å². The Morgan fingerprint density at radius 2 is 2.15 bits per heavy atom. The van der Waals surface area contributed by atoms with Gasteiger partial charge in [-0.15, -0.1) is 5.10 Å². The summed E-state index contributed by atoms with van der Waals surface area (Å²) in [5.74, 6) is 0.566. The third kappa shape index (κ3) is 1.65. The molecule has 1 saturated carbocycles. The van der Waals surface area contributed by atoms with Crippen LogP contribution in [-0.2, 0) is 0 Å². The summed E-state index contributed by atoms with van der Waals surface area (Å²) in [7, 11) is 0. The van der Waals surface area contributed by atoms with Gasteiger partial charge in [-0.25, -0.2) is 4.68 Å². The summed E-state index contributed by atoms with van der Waals surface area (Å²) in [5, 5.41) is 5.14. The lowest BCUT2D eigenvalue weighted by atomic mass is 10.3. The molecule has 0 unspecified atom stereocenters. The second-order valence-corrected chi connectivity index (χ2v) is 4.11. The van der Waals surface area contributed by atoms with Crippen molar-refractivity contribution in [2.24, 2.45) is 0 Å². The molecule has 1 aliphatic rings. The first-order valence-electron chi connectivity index (χ1n) is 4.57. The molecular formula is C8H14N4S. The van der Waals surface area contributed by atoms with Crippen LogP contribution in [0, 0.1) is 0 Å². The Kier molecular flexibility index (Phi) is 2.44. The lowest BCUT2D eigenvalue weighted by molar-refractivity contribution is 0.466. The fraction of sp³-hybridized carbons (Fsp3) is 0.750. The minimum absolute atomic E-state index is 0.494. The number of aromatic nitrogens is 3. The zero-order valence-electron chi connectivity index (χ0n) is 7.73. The minimum Gasteiger partial charge on any atom is -0.368 e. The molecule has 1 aromatic rings. The fourth-order valence-electron chi connectivity index (χ4n) is 1.82. The highest BCUT2D eigenvalue weighted by Gasteiger charge is 2.20. The molecule has 72 valence electrons. The lowest BCUT2D eigenvalue weighted by Crippen LogP contribution is -2.10. The third-order valence-corrected chi connectivity index (χ3v) is 3.03. The van der Waals surface area contributed by atoms with Gasteiger partial charge in [-0.1, -0.05) is 24.6 Å². The van der Waals surface area contributed by atoms with E-state index in [4.69, 9.17) is 5.73 Å².